The SMILES string of the molecule is c1ccc2c(CCCN3CCN(CCCc4c[nH]c5ccccc45)CC3)c[nH]c2c1. The number of hydrogen-bond donors (Lipinski definition) is 2. The first-order valence-electron chi connectivity index (χ1n) is 11.4. The lowest BCUT2D eigenvalue weighted by molar-refractivity contribution is 0.130. The number of nitrogens with one attached hydrogen (secondary N) is 2. The van der Waals surface area contributed by atoms with Crippen molar-refractivity contribution in [1.29, 1.82) is 0 Å². The first kappa shape index (κ1) is 19.4. The molecule has 2 aromatic heterocycles. The molecule has 1 aliphatic rings. The molecule has 2 N–H and O–H groups in total. The van der Waals surface area contributed by atoms with Crippen LogP contribution >= 0.6 is 0 Å². The van der Waals surface area contributed by atoms with Crippen LogP contribution in [0.1, 0.15) is 24.0 Å². The molecule has 0 aliphatic carbocycles. The molecule has 30 heavy (non-hydrogen) atoms. The van der Waals surface area contributed by atoms with E-state index in [-0.39, 0.29) is 0 Å². The maximum atomic E-state index is 3.40. The van der Waals surface area contributed by atoms with E-state index in [1.54, 1.807) is 0 Å². The van der Waals surface area contributed by atoms with Crippen LogP contribution in [0.5, 0.6) is 0 Å². The molecule has 1 saturated heterocycles. The average molecular weight is 401 g/mol. The molecule has 0 radical (unpaired) electrons. The smallest absolute Gasteiger partial charge is 0.0456 e. The zero-order valence-corrected chi connectivity index (χ0v) is 17.7. The summed E-state index contributed by atoms with van der Waals surface area (Å²) < 4.78 is 0. The van der Waals surface area contributed by atoms with Crippen molar-refractivity contribution in [1.82, 2.24) is 19.8 Å². The van der Waals surface area contributed by atoms with Gasteiger partial charge in [0.25, 0.3) is 0 Å². The molecule has 156 valence electrons. The Hall–Kier alpha value is -2.56. The molecule has 1 aliphatic heterocycles. The lowest BCUT2D eigenvalue weighted by Crippen LogP contribution is -2.46. The van der Waals surface area contributed by atoms with Crippen LogP contribution in [-0.4, -0.2) is 59.0 Å². The highest BCUT2D eigenvalue weighted by Gasteiger charge is 2.16. The summed E-state index contributed by atoms with van der Waals surface area (Å²) in [5, 5.41) is 2.77. The first-order valence-corrected chi connectivity index (χ1v) is 11.4. The number of para-hydroxylation sites is 2. The van der Waals surface area contributed by atoms with Gasteiger partial charge in [-0.1, -0.05) is 36.4 Å². The van der Waals surface area contributed by atoms with E-state index >= 15 is 0 Å². The van der Waals surface area contributed by atoms with Gasteiger partial charge < -0.3 is 19.8 Å². The zero-order chi connectivity index (χ0) is 20.2. The molecule has 0 saturated carbocycles. The second-order valence-corrected chi connectivity index (χ2v) is 8.61. The highest BCUT2D eigenvalue weighted by atomic mass is 15.3. The quantitative estimate of drug-likeness (QED) is 0.444. The molecule has 0 bridgehead atoms. The van der Waals surface area contributed by atoms with Crippen molar-refractivity contribution < 1.29 is 0 Å². The Kier molecular flexibility index (Phi) is 5.87. The Morgan fingerprint density at radius 1 is 0.600 bits per heavy atom. The Morgan fingerprint density at radius 2 is 1.03 bits per heavy atom. The van der Waals surface area contributed by atoms with E-state index < -0.39 is 0 Å². The number of fused-ring (bicyclic) bond motifs is 2. The average Bonchev–Trinajstić information content (AvgIpc) is 3.40. The summed E-state index contributed by atoms with van der Waals surface area (Å²) in [6, 6.07) is 17.3. The molecule has 4 aromatic rings. The molecule has 0 unspecified atom stereocenters. The molecule has 1 fully saturated rings. The minimum atomic E-state index is 1.16. The number of nitrogens with zero attached hydrogens (tertiary/aromatic N) is 2. The summed E-state index contributed by atoms with van der Waals surface area (Å²) in [6.07, 6.45) is 9.18. The molecule has 0 spiro atoms. The van der Waals surface area contributed by atoms with Gasteiger partial charge in [-0.05, 0) is 62.0 Å². The van der Waals surface area contributed by atoms with Crippen LogP contribution in [-0.2, 0) is 12.8 Å². The van der Waals surface area contributed by atoms with Gasteiger partial charge in [0, 0.05) is 60.4 Å². The van der Waals surface area contributed by atoms with Gasteiger partial charge in [0.15, 0.2) is 0 Å². The highest BCUT2D eigenvalue weighted by molar-refractivity contribution is 5.83. The Bertz CT molecular complexity index is 997. The Morgan fingerprint density at radius 3 is 1.50 bits per heavy atom. The van der Waals surface area contributed by atoms with Gasteiger partial charge in [-0.25, -0.2) is 0 Å². The van der Waals surface area contributed by atoms with Crippen LogP contribution < -0.4 is 0 Å². The molecular weight excluding hydrogens is 368 g/mol. The number of rotatable bonds is 8. The predicted octanol–water partition coefficient (Wildman–Crippen LogP) is 4.83. The molecule has 4 heteroatoms. The third kappa shape index (κ3) is 4.30. The van der Waals surface area contributed by atoms with Crippen LogP contribution in [0, 0.1) is 0 Å². The minimum absolute atomic E-state index is 1.16. The van der Waals surface area contributed by atoms with Crippen LogP contribution in [0.4, 0.5) is 0 Å². The van der Waals surface area contributed by atoms with Crippen LogP contribution in [0.15, 0.2) is 60.9 Å². The van der Waals surface area contributed by atoms with Crippen LogP contribution in [0.25, 0.3) is 21.8 Å². The van der Waals surface area contributed by atoms with E-state index in [0.29, 0.717) is 0 Å². The van der Waals surface area contributed by atoms with Gasteiger partial charge in [-0.3, -0.25) is 0 Å². The van der Waals surface area contributed by atoms with Crippen molar-refractivity contribution in [2.24, 2.45) is 0 Å². The van der Waals surface area contributed by atoms with Gasteiger partial charge in [-0.15, -0.1) is 0 Å². The first-order chi connectivity index (χ1) is 14.9. The molecule has 3 heterocycles. The lowest BCUT2D eigenvalue weighted by Gasteiger charge is -2.34. The standard InChI is InChI=1S/C26H32N4/c1-3-11-25-23(9-1)21(19-27-25)7-5-13-29-15-17-30(18-16-29)14-6-8-22-20-28-26-12-4-2-10-24(22)26/h1-4,9-12,19-20,27-28H,5-8,13-18H2. The van der Waals surface area contributed by atoms with E-state index in [0.717, 1.165) is 12.8 Å². The third-order valence-corrected chi connectivity index (χ3v) is 6.66. The van der Waals surface area contributed by atoms with E-state index in [9.17, 15) is 0 Å². The molecule has 0 amide bonds. The second-order valence-electron chi connectivity index (χ2n) is 8.61. The van der Waals surface area contributed by atoms with Crippen LogP contribution in [0.3, 0.4) is 0 Å². The Labute approximate surface area is 178 Å². The number of aromatic amines is 2. The summed E-state index contributed by atoms with van der Waals surface area (Å²) in [5.74, 6) is 0. The monoisotopic (exact) mass is 400 g/mol. The van der Waals surface area contributed by atoms with E-state index in [1.165, 1.54) is 85.0 Å². The molecule has 4 nitrogen and oxygen atoms in total. The number of benzene rings is 2. The second kappa shape index (κ2) is 9.07. The number of hydrogen-bond acceptors (Lipinski definition) is 2. The van der Waals surface area contributed by atoms with Crippen molar-refractivity contribution in [2.45, 2.75) is 25.7 Å². The van der Waals surface area contributed by atoms with Gasteiger partial charge >= 0.3 is 0 Å². The summed E-state index contributed by atoms with van der Waals surface area (Å²) in [5.41, 5.74) is 5.44. The third-order valence-electron chi connectivity index (χ3n) is 6.66. The fourth-order valence-corrected chi connectivity index (χ4v) is 4.90. The predicted molar refractivity (Wildman–Crippen MR) is 126 cm³/mol. The van der Waals surface area contributed by atoms with Gasteiger partial charge in [-0.2, -0.15) is 0 Å². The number of piperazine rings is 1. The normalized spacial score (nSPS) is 16.0. The van der Waals surface area contributed by atoms with Gasteiger partial charge in [0.2, 0.25) is 0 Å². The topological polar surface area (TPSA) is 38.1 Å². The summed E-state index contributed by atoms with van der Waals surface area (Å²) in [4.78, 5) is 12.1. The van der Waals surface area contributed by atoms with Crippen molar-refractivity contribution in [3.05, 3.63) is 72.1 Å². The van der Waals surface area contributed by atoms with E-state index in [2.05, 4.69) is 80.7 Å². The maximum Gasteiger partial charge on any atom is 0.0456 e. The zero-order valence-electron chi connectivity index (χ0n) is 17.7. The Balaban J connectivity index is 1.02. The fourth-order valence-electron chi connectivity index (χ4n) is 4.90. The number of aryl methyl sites for hydroxylation is 2. The number of aromatic nitrogens is 2. The van der Waals surface area contributed by atoms with Gasteiger partial charge in [0.05, 0.1) is 0 Å². The van der Waals surface area contributed by atoms with E-state index in [4.69, 9.17) is 0 Å². The maximum absolute atomic E-state index is 3.40. The van der Waals surface area contributed by atoms with Crippen molar-refractivity contribution in [2.75, 3.05) is 39.3 Å². The largest absolute Gasteiger partial charge is 0.361 e. The summed E-state index contributed by atoms with van der Waals surface area (Å²) in [7, 11) is 0. The molecule has 5 rings (SSSR count). The lowest BCUT2D eigenvalue weighted by atomic mass is 10.1. The summed E-state index contributed by atoms with van der Waals surface area (Å²) >= 11 is 0. The fraction of sp³-hybridized carbons (Fsp3) is 0.385. The van der Waals surface area contributed by atoms with Crippen LogP contribution in [0.2, 0.25) is 0 Å². The van der Waals surface area contributed by atoms with Crippen molar-refractivity contribution >= 4 is 21.8 Å². The molecular formula is C26H32N4. The molecule has 2 aromatic carbocycles. The number of H-pyrrole nitrogens is 2. The molecule has 0 atom stereocenters. The highest BCUT2D eigenvalue weighted by Crippen LogP contribution is 2.20. The van der Waals surface area contributed by atoms with Gasteiger partial charge in [0.1, 0.15) is 0 Å². The minimum Gasteiger partial charge on any atom is -0.361 e. The van der Waals surface area contributed by atoms with Crippen molar-refractivity contribution in [3.63, 3.8) is 0 Å². The van der Waals surface area contributed by atoms with E-state index in [1.807, 2.05) is 0 Å². The van der Waals surface area contributed by atoms with Crippen molar-refractivity contribution in [3.8, 4) is 0 Å². The summed E-state index contributed by atoms with van der Waals surface area (Å²) in [6.45, 7) is 7.26.